The lowest BCUT2D eigenvalue weighted by atomic mass is 10.1. The fourth-order valence-electron chi connectivity index (χ4n) is 2.05. The van der Waals surface area contributed by atoms with E-state index in [1.54, 1.807) is 12.3 Å². The van der Waals surface area contributed by atoms with Gasteiger partial charge in [-0.15, -0.1) is 0 Å². The number of hydrogen-bond acceptors (Lipinski definition) is 3. The van der Waals surface area contributed by atoms with E-state index in [0.29, 0.717) is 12.4 Å². The van der Waals surface area contributed by atoms with Crippen LogP contribution in [0.25, 0.3) is 0 Å². The third-order valence-corrected chi connectivity index (χ3v) is 3.59. The van der Waals surface area contributed by atoms with Crippen LogP contribution in [-0.4, -0.2) is 11.5 Å². The van der Waals surface area contributed by atoms with Crippen LogP contribution >= 0.6 is 15.9 Å². The van der Waals surface area contributed by atoms with E-state index in [-0.39, 0.29) is 11.9 Å². The quantitative estimate of drug-likeness (QED) is 0.844. The van der Waals surface area contributed by atoms with Crippen LogP contribution in [0.2, 0.25) is 0 Å². The summed E-state index contributed by atoms with van der Waals surface area (Å²) >= 11 is 3.34. The zero-order valence-electron chi connectivity index (χ0n) is 12.1. The van der Waals surface area contributed by atoms with E-state index in [1.165, 1.54) is 12.1 Å². The Morgan fingerprint density at radius 3 is 2.81 bits per heavy atom. The van der Waals surface area contributed by atoms with Gasteiger partial charge in [0, 0.05) is 28.3 Å². The van der Waals surface area contributed by atoms with Gasteiger partial charge in [-0.25, -0.2) is 4.39 Å². The number of benzene rings is 1. The molecule has 0 aliphatic heterocycles. The lowest BCUT2D eigenvalue weighted by Crippen LogP contribution is -2.18. The molecule has 1 N–H and O–H groups in total. The van der Waals surface area contributed by atoms with Gasteiger partial charge in [-0.05, 0) is 47.6 Å². The van der Waals surface area contributed by atoms with Crippen LogP contribution in [0.3, 0.4) is 0 Å². The molecule has 3 nitrogen and oxygen atoms in total. The Labute approximate surface area is 132 Å². The first-order valence-corrected chi connectivity index (χ1v) is 7.65. The van der Waals surface area contributed by atoms with E-state index in [1.807, 2.05) is 26.0 Å². The van der Waals surface area contributed by atoms with E-state index in [4.69, 9.17) is 4.74 Å². The number of halogens is 2. The molecule has 5 heteroatoms. The minimum absolute atomic E-state index is 0.100. The Bertz CT molecular complexity index is 589. The fourth-order valence-corrected chi connectivity index (χ4v) is 2.29. The van der Waals surface area contributed by atoms with Crippen molar-refractivity contribution in [1.29, 1.82) is 0 Å². The number of ether oxygens (including phenoxy) is 1. The molecule has 0 amide bonds. The predicted octanol–water partition coefficient (Wildman–Crippen LogP) is 4.23. The second-order valence-corrected chi connectivity index (χ2v) is 5.63. The monoisotopic (exact) mass is 352 g/mol. The maximum Gasteiger partial charge on any atom is 0.130 e. The number of rotatable bonds is 6. The molecular formula is C16H18BrFN2O. The van der Waals surface area contributed by atoms with Gasteiger partial charge in [0.25, 0.3) is 0 Å². The lowest BCUT2D eigenvalue weighted by Gasteiger charge is -2.17. The predicted molar refractivity (Wildman–Crippen MR) is 84.8 cm³/mol. The molecule has 1 heterocycles. The van der Waals surface area contributed by atoms with Gasteiger partial charge in [-0.1, -0.05) is 13.0 Å². The molecule has 0 radical (unpaired) electrons. The summed E-state index contributed by atoms with van der Waals surface area (Å²) in [6.07, 6.45) is 1.71. The number of hydrogen-bond donors (Lipinski definition) is 1. The smallest absolute Gasteiger partial charge is 0.130 e. The molecule has 0 aliphatic carbocycles. The molecule has 2 aromatic rings. The molecule has 21 heavy (non-hydrogen) atoms. The zero-order valence-corrected chi connectivity index (χ0v) is 13.7. The molecule has 1 aromatic heterocycles. The van der Waals surface area contributed by atoms with Gasteiger partial charge in [0.15, 0.2) is 0 Å². The van der Waals surface area contributed by atoms with Gasteiger partial charge in [0.1, 0.15) is 18.2 Å². The van der Waals surface area contributed by atoms with Crippen molar-refractivity contribution >= 4 is 15.9 Å². The molecule has 1 aromatic carbocycles. The van der Waals surface area contributed by atoms with Crippen LogP contribution in [0.1, 0.15) is 31.1 Å². The highest BCUT2D eigenvalue weighted by Crippen LogP contribution is 2.26. The largest absolute Gasteiger partial charge is 0.487 e. The Morgan fingerprint density at radius 2 is 2.14 bits per heavy atom. The third kappa shape index (κ3) is 4.51. The molecular weight excluding hydrogens is 335 g/mol. The number of nitrogens with zero attached hydrogens (tertiary/aromatic N) is 1. The van der Waals surface area contributed by atoms with E-state index < -0.39 is 0 Å². The standard InChI is InChI=1S/C16H18BrFN2O/c1-3-19-11(2)15-7-5-13(18)8-16(15)21-10-14-6-4-12(17)9-20-14/h4-9,11,19H,3,10H2,1-2H3. The average Bonchev–Trinajstić information content (AvgIpc) is 2.47. The van der Waals surface area contributed by atoms with Gasteiger partial charge < -0.3 is 10.1 Å². The number of aromatic nitrogens is 1. The van der Waals surface area contributed by atoms with Crippen molar-refractivity contribution in [3.8, 4) is 5.75 Å². The Hall–Kier alpha value is -1.46. The van der Waals surface area contributed by atoms with Crippen molar-refractivity contribution in [2.24, 2.45) is 0 Å². The van der Waals surface area contributed by atoms with Gasteiger partial charge in [-0.2, -0.15) is 0 Å². The summed E-state index contributed by atoms with van der Waals surface area (Å²) in [7, 11) is 0. The summed E-state index contributed by atoms with van der Waals surface area (Å²) in [4.78, 5) is 4.25. The summed E-state index contributed by atoms with van der Waals surface area (Å²) in [6.45, 7) is 5.21. The second kappa shape index (κ2) is 7.52. The van der Waals surface area contributed by atoms with Crippen LogP contribution in [-0.2, 0) is 6.61 Å². The summed E-state index contributed by atoms with van der Waals surface area (Å²) in [5, 5.41) is 3.30. The molecule has 0 fully saturated rings. The van der Waals surface area contributed by atoms with Crippen molar-refractivity contribution in [3.63, 3.8) is 0 Å². The van der Waals surface area contributed by atoms with Gasteiger partial charge in [-0.3, -0.25) is 4.98 Å². The SMILES string of the molecule is CCNC(C)c1ccc(F)cc1OCc1ccc(Br)cn1. The van der Waals surface area contributed by atoms with E-state index >= 15 is 0 Å². The molecule has 0 saturated carbocycles. The van der Waals surface area contributed by atoms with Crippen LogP contribution in [0.4, 0.5) is 4.39 Å². The summed E-state index contributed by atoms with van der Waals surface area (Å²) < 4.78 is 20.1. The number of nitrogens with one attached hydrogen (secondary N) is 1. The molecule has 0 aliphatic rings. The van der Waals surface area contributed by atoms with Gasteiger partial charge in [0.05, 0.1) is 5.69 Å². The highest BCUT2D eigenvalue weighted by atomic mass is 79.9. The molecule has 112 valence electrons. The second-order valence-electron chi connectivity index (χ2n) is 4.72. The Morgan fingerprint density at radius 1 is 1.33 bits per heavy atom. The minimum atomic E-state index is -0.304. The van der Waals surface area contributed by atoms with Crippen LogP contribution < -0.4 is 10.1 Å². The summed E-state index contributed by atoms with van der Waals surface area (Å²) in [6, 6.07) is 8.50. The topological polar surface area (TPSA) is 34.1 Å². The van der Waals surface area contributed by atoms with Gasteiger partial charge >= 0.3 is 0 Å². The van der Waals surface area contributed by atoms with Crippen molar-refractivity contribution in [1.82, 2.24) is 10.3 Å². The molecule has 2 rings (SSSR count). The molecule has 0 spiro atoms. The van der Waals surface area contributed by atoms with Crippen LogP contribution in [0.5, 0.6) is 5.75 Å². The first-order valence-electron chi connectivity index (χ1n) is 6.86. The minimum Gasteiger partial charge on any atom is -0.487 e. The van der Waals surface area contributed by atoms with Crippen molar-refractivity contribution < 1.29 is 9.13 Å². The van der Waals surface area contributed by atoms with Crippen LogP contribution in [0.15, 0.2) is 41.0 Å². The molecule has 1 atom stereocenters. The maximum atomic E-state index is 13.5. The molecule has 0 saturated heterocycles. The van der Waals surface area contributed by atoms with Crippen molar-refractivity contribution in [2.75, 3.05) is 6.54 Å². The lowest BCUT2D eigenvalue weighted by molar-refractivity contribution is 0.293. The van der Waals surface area contributed by atoms with E-state index in [2.05, 4.69) is 26.2 Å². The maximum absolute atomic E-state index is 13.5. The number of pyridine rings is 1. The highest BCUT2D eigenvalue weighted by molar-refractivity contribution is 9.10. The van der Waals surface area contributed by atoms with E-state index in [9.17, 15) is 4.39 Å². The Balaban J connectivity index is 2.14. The Kier molecular flexibility index (Phi) is 5.70. The average molecular weight is 353 g/mol. The van der Waals surface area contributed by atoms with Crippen molar-refractivity contribution in [2.45, 2.75) is 26.5 Å². The molecule has 1 unspecified atom stereocenters. The van der Waals surface area contributed by atoms with Gasteiger partial charge in [0.2, 0.25) is 0 Å². The zero-order chi connectivity index (χ0) is 15.2. The van der Waals surface area contributed by atoms with Crippen molar-refractivity contribution in [3.05, 3.63) is 58.1 Å². The summed E-state index contributed by atoms with van der Waals surface area (Å²) in [5.74, 6) is 0.245. The van der Waals surface area contributed by atoms with E-state index in [0.717, 1.165) is 22.3 Å². The highest BCUT2D eigenvalue weighted by Gasteiger charge is 2.12. The summed E-state index contributed by atoms with van der Waals surface area (Å²) in [5.41, 5.74) is 1.74. The first-order chi connectivity index (χ1) is 10.1. The third-order valence-electron chi connectivity index (χ3n) is 3.12. The fraction of sp³-hybridized carbons (Fsp3) is 0.312. The first kappa shape index (κ1) is 15.9. The van der Waals surface area contributed by atoms with Crippen LogP contribution in [0, 0.1) is 5.82 Å². The normalized spacial score (nSPS) is 12.2. The molecule has 0 bridgehead atoms.